The van der Waals surface area contributed by atoms with E-state index in [2.05, 4.69) is 11.6 Å². The Balaban J connectivity index is 2.02. The highest BCUT2D eigenvalue weighted by Gasteiger charge is 2.32. The number of hydrogen-bond donors (Lipinski definition) is 1. The minimum absolute atomic E-state index is 0.0638. The van der Waals surface area contributed by atoms with E-state index in [-0.39, 0.29) is 11.9 Å². The molecule has 1 fully saturated rings. The number of amides is 1. The standard InChI is InChI=1S/C14H20N2O2/c1-3-10-18-11(2)14(17)16-9-5-7-13(16)12-6-4-8-15-12/h3-4,6,8,11,13,15H,1,5,7,9-10H2,2H3/t11-,13+/m0/s1. The fraction of sp³-hybridized carbons (Fsp3) is 0.500. The van der Waals surface area contributed by atoms with Crippen LogP contribution in [-0.4, -0.2) is 35.0 Å². The van der Waals surface area contributed by atoms with Gasteiger partial charge in [-0.3, -0.25) is 4.79 Å². The van der Waals surface area contributed by atoms with Crippen LogP contribution in [0.25, 0.3) is 0 Å². The van der Waals surface area contributed by atoms with E-state index < -0.39 is 6.10 Å². The van der Waals surface area contributed by atoms with Crippen LogP contribution in [0.15, 0.2) is 31.0 Å². The fourth-order valence-electron chi connectivity index (χ4n) is 2.42. The Kier molecular flexibility index (Phi) is 4.20. The number of nitrogens with zero attached hydrogens (tertiary/aromatic N) is 1. The van der Waals surface area contributed by atoms with Gasteiger partial charge in [-0.05, 0) is 31.9 Å². The largest absolute Gasteiger partial charge is 0.365 e. The topological polar surface area (TPSA) is 45.3 Å². The van der Waals surface area contributed by atoms with Crippen molar-refractivity contribution in [3.8, 4) is 0 Å². The van der Waals surface area contributed by atoms with Crippen LogP contribution in [0.5, 0.6) is 0 Å². The van der Waals surface area contributed by atoms with E-state index in [4.69, 9.17) is 4.74 Å². The smallest absolute Gasteiger partial charge is 0.251 e. The van der Waals surface area contributed by atoms with Gasteiger partial charge in [0.15, 0.2) is 0 Å². The summed E-state index contributed by atoms with van der Waals surface area (Å²) in [6.45, 7) is 6.61. The highest BCUT2D eigenvalue weighted by Crippen LogP contribution is 2.31. The molecule has 0 bridgehead atoms. The molecule has 0 aliphatic carbocycles. The molecule has 1 N–H and O–H groups in total. The number of carbonyl (C=O) groups excluding carboxylic acids is 1. The van der Waals surface area contributed by atoms with E-state index in [1.54, 1.807) is 13.0 Å². The number of ether oxygens (including phenoxy) is 1. The van der Waals surface area contributed by atoms with Gasteiger partial charge in [0.05, 0.1) is 12.6 Å². The van der Waals surface area contributed by atoms with E-state index in [1.807, 2.05) is 23.2 Å². The molecule has 1 aromatic rings. The molecule has 4 nitrogen and oxygen atoms in total. The molecular weight excluding hydrogens is 228 g/mol. The Bertz CT molecular complexity index is 400. The van der Waals surface area contributed by atoms with Crippen molar-refractivity contribution < 1.29 is 9.53 Å². The molecule has 0 aromatic carbocycles. The van der Waals surface area contributed by atoms with Crippen LogP contribution >= 0.6 is 0 Å². The number of nitrogens with one attached hydrogen (secondary N) is 1. The quantitative estimate of drug-likeness (QED) is 0.812. The lowest BCUT2D eigenvalue weighted by Gasteiger charge is -2.26. The zero-order valence-corrected chi connectivity index (χ0v) is 10.8. The van der Waals surface area contributed by atoms with Crippen LogP contribution in [0.2, 0.25) is 0 Å². The van der Waals surface area contributed by atoms with Crippen LogP contribution in [0.4, 0.5) is 0 Å². The third-order valence-corrected chi connectivity index (χ3v) is 3.33. The Morgan fingerprint density at radius 3 is 3.28 bits per heavy atom. The number of hydrogen-bond acceptors (Lipinski definition) is 2. The molecule has 2 rings (SSSR count). The molecule has 98 valence electrons. The van der Waals surface area contributed by atoms with Crippen molar-refractivity contribution in [2.24, 2.45) is 0 Å². The molecule has 0 radical (unpaired) electrons. The normalized spacial score (nSPS) is 20.9. The van der Waals surface area contributed by atoms with Crippen LogP contribution in [-0.2, 0) is 9.53 Å². The molecule has 18 heavy (non-hydrogen) atoms. The van der Waals surface area contributed by atoms with E-state index in [0.29, 0.717) is 6.61 Å². The monoisotopic (exact) mass is 248 g/mol. The van der Waals surface area contributed by atoms with Crippen LogP contribution in [0, 0.1) is 0 Å². The lowest BCUT2D eigenvalue weighted by molar-refractivity contribution is -0.143. The van der Waals surface area contributed by atoms with Crippen molar-refractivity contribution in [3.05, 3.63) is 36.7 Å². The molecule has 1 aromatic heterocycles. The maximum absolute atomic E-state index is 12.3. The number of likely N-dealkylation sites (tertiary alicyclic amines) is 1. The van der Waals surface area contributed by atoms with Gasteiger partial charge in [-0.2, -0.15) is 0 Å². The molecule has 2 heterocycles. The van der Waals surface area contributed by atoms with Gasteiger partial charge in [-0.15, -0.1) is 6.58 Å². The molecule has 1 saturated heterocycles. The van der Waals surface area contributed by atoms with Crippen molar-refractivity contribution in [3.63, 3.8) is 0 Å². The minimum Gasteiger partial charge on any atom is -0.365 e. The van der Waals surface area contributed by atoms with Gasteiger partial charge in [-0.25, -0.2) is 0 Å². The summed E-state index contributed by atoms with van der Waals surface area (Å²) >= 11 is 0. The molecule has 1 amide bonds. The summed E-state index contributed by atoms with van der Waals surface area (Å²) < 4.78 is 5.41. The van der Waals surface area contributed by atoms with Gasteiger partial charge in [-0.1, -0.05) is 6.08 Å². The second-order valence-corrected chi connectivity index (χ2v) is 4.58. The van der Waals surface area contributed by atoms with Crippen molar-refractivity contribution in [2.75, 3.05) is 13.2 Å². The Labute approximate surface area is 108 Å². The third-order valence-electron chi connectivity index (χ3n) is 3.33. The maximum atomic E-state index is 12.3. The molecule has 4 heteroatoms. The first kappa shape index (κ1) is 12.9. The highest BCUT2D eigenvalue weighted by molar-refractivity contribution is 5.81. The lowest BCUT2D eigenvalue weighted by Crippen LogP contribution is -2.38. The van der Waals surface area contributed by atoms with E-state index in [9.17, 15) is 4.79 Å². The average molecular weight is 248 g/mol. The van der Waals surface area contributed by atoms with Gasteiger partial charge in [0.25, 0.3) is 5.91 Å². The van der Waals surface area contributed by atoms with Crippen molar-refractivity contribution in [1.29, 1.82) is 0 Å². The van der Waals surface area contributed by atoms with Crippen molar-refractivity contribution >= 4 is 5.91 Å². The van der Waals surface area contributed by atoms with E-state index >= 15 is 0 Å². The predicted molar refractivity (Wildman–Crippen MR) is 70.1 cm³/mol. The number of carbonyl (C=O) groups is 1. The van der Waals surface area contributed by atoms with Crippen molar-refractivity contribution in [2.45, 2.75) is 31.9 Å². The zero-order valence-electron chi connectivity index (χ0n) is 10.8. The molecule has 1 aliphatic heterocycles. The summed E-state index contributed by atoms with van der Waals surface area (Å²) in [5, 5.41) is 0. The summed E-state index contributed by atoms with van der Waals surface area (Å²) in [5.41, 5.74) is 1.11. The van der Waals surface area contributed by atoms with Gasteiger partial charge in [0, 0.05) is 18.4 Å². The van der Waals surface area contributed by atoms with E-state index in [0.717, 1.165) is 25.1 Å². The molecule has 0 spiro atoms. The SMILES string of the molecule is C=CCO[C@@H](C)C(=O)N1CCC[C@@H]1c1ccc[nH]1. The highest BCUT2D eigenvalue weighted by atomic mass is 16.5. The predicted octanol–water partition coefficient (Wildman–Crippen LogP) is 2.27. The first-order chi connectivity index (χ1) is 8.74. The summed E-state index contributed by atoms with van der Waals surface area (Å²) in [5.74, 6) is 0.0638. The van der Waals surface area contributed by atoms with Crippen LogP contribution in [0.1, 0.15) is 31.5 Å². The number of aromatic nitrogens is 1. The number of rotatable bonds is 5. The zero-order chi connectivity index (χ0) is 13.0. The molecule has 2 atom stereocenters. The maximum Gasteiger partial charge on any atom is 0.251 e. The lowest BCUT2D eigenvalue weighted by atomic mass is 10.1. The molecule has 0 unspecified atom stereocenters. The summed E-state index contributed by atoms with van der Waals surface area (Å²) in [6.07, 6.45) is 5.22. The molecule has 0 saturated carbocycles. The number of aromatic amines is 1. The number of H-pyrrole nitrogens is 1. The van der Waals surface area contributed by atoms with Gasteiger partial charge in [0.2, 0.25) is 0 Å². The summed E-state index contributed by atoms with van der Waals surface area (Å²) in [6, 6.07) is 4.17. The molecule has 1 aliphatic rings. The first-order valence-corrected chi connectivity index (χ1v) is 6.40. The first-order valence-electron chi connectivity index (χ1n) is 6.40. The van der Waals surface area contributed by atoms with Crippen molar-refractivity contribution in [1.82, 2.24) is 9.88 Å². The molecular formula is C14H20N2O2. The van der Waals surface area contributed by atoms with Gasteiger partial charge >= 0.3 is 0 Å². The van der Waals surface area contributed by atoms with Crippen LogP contribution in [0.3, 0.4) is 0 Å². The van der Waals surface area contributed by atoms with Crippen LogP contribution < -0.4 is 0 Å². The summed E-state index contributed by atoms with van der Waals surface area (Å²) in [7, 11) is 0. The average Bonchev–Trinajstić information content (AvgIpc) is 3.03. The Morgan fingerprint density at radius 2 is 2.61 bits per heavy atom. The fourth-order valence-corrected chi connectivity index (χ4v) is 2.42. The Morgan fingerprint density at radius 1 is 1.78 bits per heavy atom. The Hall–Kier alpha value is -1.55. The van der Waals surface area contributed by atoms with Gasteiger partial charge in [0.1, 0.15) is 6.10 Å². The van der Waals surface area contributed by atoms with E-state index in [1.165, 1.54) is 0 Å². The second-order valence-electron chi connectivity index (χ2n) is 4.58. The summed E-state index contributed by atoms with van der Waals surface area (Å²) in [4.78, 5) is 17.4. The minimum atomic E-state index is -0.404. The second kappa shape index (κ2) is 5.87. The third kappa shape index (κ3) is 2.64. The van der Waals surface area contributed by atoms with Gasteiger partial charge < -0.3 is 14.6 Å².